The molecule has 94 valence electrons. The molecule has 1 heterocycles. The summed E-state index contributed by atoms with van der Waals surface area (Å²) in [5.41, 5.74) is 3.79. The zero-order valence-corrected chi connectivity index (χ0v) is 11.1. The third kappa shape index (κ3) is 2.21. The standard InChI is InChI=1S/C15H18N2O/c1-4-11-8-6-7-9-13(11)14-16-10(3)12(5-2)15(18)17-14/h6-9H,4-5H2,1-3H3,(H,16,17,18). The van der Waals surface area contributed by atoms with Crippen molar-refractivity contribution in [1.29, 1.82) is 0 Å². The topological polar surface area (TPSA) is 45.8 Å². The van der Waals surface area contributed by atoms with Crippen molar-refractivity contribution in [3.63, 3.8) is 0 Å². The molecule has 0 atom stereocenters. The number of aromatic amines is 1. The van der Waals surface area contributed by atoms with E-state index in [1.807, 2.05) is 32.0 Å². The third-order valence-electron chi connectivity index (χ3n) is 3.23. The fourth-order valence-electron chi connectivity index (χ4n) is 2.21. The number of aromatic nitrogens is 2. The first kappa shape index (κ1) is 12.6. The van der Waals surface area contributed by atoms with Gasteiger partial charge in [-0.1, -0.05) is 38.1 Å². The number of hydrogen-bond acceptors (Lipinski definition) is 2. The van der Waals surface area contributed by atoms with Crippen LogP contribution in [-0.2, 0) is 12.8 Å². The largest absolute Gasteiger partial charge is 0.306 e. The number of benzene rings is 1. The summed E-state index contributed by atoms with van der Waals surface area (Å²) in [6.45, 7) is 5.97. The zero-order chi connectivity index (χ0) is 13.1. The summed E-state index contributed by atoms with van der Waals surface area (Å²) in [6.07, 6.45) is 1.64. The number of rotatable bonds is 3. The molecule has 0 bridgehead atoms. The predicted octanol–water partition coefficient (Wildman–Crippen LogP) is 2.87. The summed E-state index contributed by atoms with van der Waals surface area (Å²) >= 11 is 0. The van der Waals surface area contributed by atoms with Crippen LogP contribution in [0.1, 0.15) is 30.7 Å². The van der Waals surface area contributed by atoms with Gasteiger partial charge in [-0.25, -0.2) is 4.98 Å². The van der Waals surface area contributed by atoms with Crippen LogP contribution in [0, 0.1) is 6.92 Å². The van der Waals surface area contributed by atoms with Gasteiger partial charge in [0.25, 0.3) is 5.56 Å². The van der Waals surface area contributed by atoms with Crippen molar-refractivity contribution in [2.75, 3.05) is 0 Å². The van der Waals surface area contributed by atoms with Crippen molar-refractivity contribution in [2.45, 2.75) is 33.6 Å². The quantitative estimate of drug-likeness (QED) is 0.899. The monoisotopic (exact) mass is 242 g/mol. The fraction of sp³-hybridized carbons (Fsp3) is 0.333. The van der Waals surface area contributed by atoms with E-state index in [0.29, 0.717) is 12.2 Å². The molecular formula is C15H18N2O. The first-order valence-corrected chi connectivity index (χ1v) is 6.35. The van der Waals surface area contributed by atoms with Crippen molar-refractivity contribution in [1.82, 2.24) is 9.97 Å². The minimum atomic E-state index is -0.0223. The van der Waals surface area contributed by atoms with E-state index in [9.17, 15) is 4.79 Å². The summed E-state index contributed by atoms with van der Waals surface area (Å²) in [4.78, 5) is 19.4. The van der Waals surface area contributed by atoms with Crippen molar-refractivity contribution in [3.05, 3.63) is 51.4 Å². The second-order valence-corrected chi connectivity index (χ2v) is 4.34. The van der Waals surface area contributed by atoms with E-state index in [0.717, 1.165) is 23.2 Å². The summed E-state index contributed by atoms with van der Waals surface area (Å²) in [5.74, 6) is 0.673. The van der Waals surface area contributed by atoms with E-state index in [1.54, 1.807) is 0 Å². The van der Waals surface area contributed by atoms with Crippen LogP contribution in [0.3, 0.4) is 0 Å². The Morgan fingerprint density at radius 3 is 2.50 bits per heavy atom. The van der Waals surface area contributed by atoms with Gasteiger partial charge in [0.15, 0.2) is 0 Å². The highest BCUT2D eigenvalue weighted by atomic mass is 16.1. The van der Waals surface area contributed by atoms with Gasteiger partial charge in [-0.3, -0.25) is 4.79 Å². The molecule has 0 aliphatic rings. The minimum Gasteiger partial charge on any atom is -0.306 e. The van der Waals surface area contributed by atoms with E-state index in [1.165, 1.54) is 5.56 Å². The second-order valence-electron chi connectivity index (χ2n) is 4.34. The Morgan fingerprint density at radius 2 is 1.89 bits per heavy atom. The van der Waals surface area contributed by atoms with Crippen LogP contribution in [0.15, 0.2) is 29.1 Å². The Labute approximate surface area is 107 Å². The summed E-state index contributed by atoms with van der Waals surface area (Å²) in [5, 5.41) is 0. The van der Waals surface area contributed by atoms with Gasteiger partial charge in [0.1, 0.15) is 5.82 Å². The van der Waals surface area contributed by atoms with Crippen LogP contribution in [0.5, 0.6) is 0 Å². The lowest BCUT2D eigenvalue weighted by Gasteiger charge is -2.09. The summed E-state index contributed by atoms with van der Waals surface area (Å²) in [7, 11) is 0. The molecule has 1 aromatic heterocycles. The fourth-order valence-corrected chi connectivity index (χ4v) is 2.21. The maximum atomic E-state index is 12.0. The Kier molecular flexibility index (Phi) is 3.60. The lowest BCUT2D eigenvalue weighted by molar-refractivity contribution is 0.964. The molecule has 0 fully saturated rings. The molecule has 0 unspecified atom stereocenters. The maximum Gasteiger partial charge on any atom is 0.254 e. The molecule has 0 amide bonds. The second kappa shape index (κ2) is 5.17. The van der Waals surface area contributed by atoms with Gasteiger partial charge >= 0.3 is 0 Å². The summed E-state index contributed by atoms with van der Waals surface area (Å²) in [6, 6.07) is 8.05. The van der Waals surface area contributed by atoms with Gasteiger partial charge in [0, 0.05) is 16.8 Å². The third-order valence-corrected chi connectivity index (χ3v) is 3.23. The molecule has 0 saturated heterocycles. The minimum absolute atomic E-state index is 0.0223. The molecular weight excluding hydrogens is 224 g/mol. The molecule has 0 spiro atoms. The number of aryl methyl sites for hydroxylation is 2. The van der Waals surface area contributed by atoms with Crippen LogP contribution >= 0.6 is 0 Å². The average molecular weight is 242 g/mol. The van der Waals surface area contributed by atoms with Gasteiger partial charge in [0.05, 0.1) is 0 Å². The molecule has 1 aromatic carbocycles. The lowest BCUT2D eigenvalue weighted by atomic mass is 10.0. The number of nitrogens with one attached hydrogen (secondary N) is 1. The Bertz CT molecular complexity index is 614. The highest BCUT2D eigenvalue weighted by molar-refractivity contribution is 5.60. The van der Waals surface area contributed by atoms with Gasteiger partial charge < -0.3 is 4.98 Å². The van der Waals surface area contributed by atoms with E-state index < -0.39 is 0 Å². The Hall–Kier alpha value is -1.90. The van der Waals surface area contributed by atoms with Gasteiger partial charge in [-0.15, -0.1) is 0 Å². The van der Waals surface area contributed by atoms with Crippen LogP contribution < -0.4 is 5.56 Å². The SMILES string of the molecule is CCc1ccccc1-c1nc(C)c(CC)c(=O)[nH]1. The van der Waals surface area contributed by atoms with Crippen LogP contribution in [-0.4, -0.2) is 9.97 Å². The van der Waals surface area contributed by atoms with E-state index in [4.69, 9.17) is 0 Å². The molecule has 0 aliphatic carbocycles. The van der Waals surface area contributed by atoms with Gasteiger partial charge in [-0.05, 0) is 25.3 Å². The molecule has 3 heteroatoms. The molecule has 0 radical (unpaired) electrons. The van der Waals surface area contributed by atoms with Crippen LogP contribution in [0.25, 0.3) is 11.4 Å². The van der Waals surface area contributed by atoms with Crippen molar-refractivity contribution in [3.8, 4) is 11.4 Å². The molecule has 2 aromatic rings. The van der Waals surface area contributed by atoms with Gasteiger partial charge in [0.2, 0.25) is 0 Å². The van der Waals surface area contributed by atoms with Crippen molar-refractivity contribution < 1.29 is 0 Å². The van der Waals surface area contributed by atoms with Crippen LogP contribution in [0.2, 0.25) is 0 Å². The van der Waals surface area contributed by atoms with Crippen LogP contribution in [0.4, 0.5) is 0 Å². The smallest absolute Gasteiger partial charge is 0.254 e. The first-order valence-electron chi connectivity index (χ1n) is 6.35. The molecule has 1 N–H and O–H groups in total. The van der Waals surface area contributed by atoms with E-state index in [-0.39, 0.29) is 5.56 Å². The molecule has 18 heavy (non-hydrogen) atoms. The highest BCUT2D eigenvalue weighted by Gasteiger charge is 2.09. The Morgan fingerprint density at radius 1 is 1.17 bits per heavy atom. The lowest BCUT2D eigenvalue weighted by Crippen LogP contribution is -2.17. The average Bonchev–Trinajstić information content (AvgIpc) is 2.38. The van der Waals surface area contributed by atoms with Crippen molar-refractivity contribution in [2.24, 2.45) is 0 Å². The number of H-pyrrole nitrogens is 1. The maximum absolute atomic E-state index is 12.0. The van der Waals surface area contributed by atoms with Crippen molar-refractivity contribution >= 4 is 0 Å². The molecule has 3 nitrogen and oxygen atoms in total. The summed E-state index contributed by atoms with van der Waals surface area (Å²) < 4.78 is 0. The zero-order valence-electron chi connectivity index (χ0n) is 11.1. The van der Waals surface area contributed by atoms with E-state index in [2.05, 4.69) is 23.0 Å². The molecule has 0 saturated carbocycles. The number of nitrogens with zero attached hydrogens (tertiary/aromatic N) is 1. The molecule has 2 rings (SSSR count). The number of hydrogen-bond donors (Lipinski definition) is 1. The highest BCUT2D eigenvalue weighted by Crippen LogP contribution is 2.20. The normalized spacial score (nSPS) is 10.6. The van der Waals surface area contributed by atoms with E-state index >= 15 is 0 Å². The first-order chi connectivity index (χ1) is 8.67. The van der Waals surface area contributed by atoms with Gasteiger partial charge in [-0.2, -0.15) is 0 Å². The molecule has 0 aliphatic heterocycles. The predicted molar refractivity (Wildman–Crippen MR) is 73.8 cm³/mol. The Balaban J connectivity index is 2.62.